The topological polar surface area (TPSA) is 29.3 Å². The Labute approximate surface area is 104 Å². The maximum Gasteiger partial charge on any atom is 0.163 e. The molecule has 94 valence electrons. The third-order valence-corrected chi connectivity index (χ3v) is 4.25. The fourth-order valence-corrected chi connectivity index (χ4v) is 3.36. The molecule has 2 N–H and O–H groups in total. The van der Waals surface area contributed by atoms with Crippen molar-refractivity contribution >= 4 is 11.8 Å². The Kier molecular flexibility index (Phi) is 4.01. The van der Waals surface area contributed by atoms with Gasteiger partial charge in [-0.25, -0.2) is 8.78 Å². The van der Waals surface area contributed by atoms with E-state index in [2.05, 4.69) is 4.90 Å². The van der Waals surface area contributed by atoms with Crippen molar-refractivity contribution in [1.29, 1.82) is 0 Å². The molecule has 1 aliphatic heterocycles. The first-order valence-electron chi connectivity index (χ1n) is 5.58. The summed E-state index contributed by atoms with van der Waals surface area (Å²) in [4.78, 5) is 2.12. The van der Waals surface area contributed by atoms with Gasteiger partial charge in [0.15, 0.2) is 11.6 Å². The van der Waals surface area contributed by atoms with E-state index in [-0.39, 0.29) is 11.6 Å². The summed E-state index contributed by atoms with van der Waals surface area (Å²) < 4.78 is 26.8. The van der Waals surface area contributed by atoms with Crippen molar-refractivity contribution in [1.82, 2.24) is 4.90 Å². The highest BCUT2D eigenvalue weighted by molar-refractivity contribution is 7.99. The molecule has 1 fully saturated rings. The molecule has 0 aromatic heterocycles. The summed E-state index contributed by atoms with van der Waals surface area (Å²) in [6.07, 6.45) is 0. The van der Waals surface area contributed by atoms with Crippen molar-refractivity contribution < 1.29 is 8.78 Å². The number of nitrogens with two attached hydrogens (primary N) is 1. The van der Waals surface area contributed by atoms with Crippen LogP contribution in [0.4, 0.5) is 8.78 Å². The van der Waals surface area contributed by atoms with Gasteiger partial charge in [0, 0.05) is 35.7 Å². The zero-order chi connectivity index (χ0) is 12.4. The Bertz CT molecular complexity index is 400. The van der Waals surface area contributed by atoms with Gasteiger partial charge in [-0.3, -0.25) is 4.90 Å². The highest BCUT2D eigenvalue weighted by atomic mass is 32.2. The number of hydrogen-bond donors (Lipinski definition) is 1. The Morgan fingerprint density at radius 1 is 1.47 bits per heavy atom. The van der Waals surface area contributed by atoms with Crippen LogP contribution in [0.5, 0.6) is 0 Å². The molecular formula is C12H16F2N2S. The van der Waals surface area contributed by atoms with E-state index < -0.39 is 17.7 Å². The van der Waals surface area contributed by atoms with Crippen LogP contribution < -0.4 is 5.73 Å². The lowest BCUT2D eigenvalue weighted by molar-refractivity contribution is 0.234. The molecule has 0 saturated carbocycles. The van der Waals surface area contributed by atoms with Crippen LogP contribution in [-0.4, -0.2) is 36.0 Å². The largest absolute Gasteiger partial charge is 0.323 e. The SMILES string of the molecule is CN1CCSCC1C(N)c1cccc(F)c1F. The first-order valence-corrected chi connectivity index (χ1v) is 6.74. The van der Waals surface area contributed by atoms with Gasteiger partial charge in [0.1, 0.15) is 0 Å². The zero-order valence-corrected chi connectivity index (χ0v) is 10.5. The van der Waals surface area contributed by atoms with Crippen LogP contribution in [0.15, 0.2) is 18.2 Å². The maximum absolute atomic E-state index is 13.7. The molecule has 1 aromatic carbocycles. The van der Waals surface area contributed by atoms with Crippen LogP contribution in [0.1, 0.15) is 11.6 Å². The minimum absolute atomic E-state index is 0.0602. The first-order chi connectivity index (χ1) is 8.11. The van der Waals surface area contributed by atoms with Gasteiger partial charge < -0.3 is 5.73 Å². The normalized spacial score (nSPS) is 23.6. The second-order valence-corrected chi connectivity index (χ2v) is 5.44. The minimum atomic E-state index is -0.830. The molecular weight excluding hydrogens is 242 g/mol. The van der Waals surface area contributed by atoms with Gasteiger partial charge in [-0.15, -0.1) is 0 Å². The van der Waals surface area contributed by atoms with Crippen LogP contribution in [0.2, 0.25) is 0 Å². The lowest BCUT2D eigenvalue weighted by Gasteiger charge is -2.36. The molecule has 0 radical (unpaired) electrons. The average molecular weight is 258 g/mol. The molecule has 1 heterocycles. The maximum atomic E-state index is 13.7. The predicted octanol–water partition coefficient (Wildman–Crippen LogP) is 2.01. The fourth-order valence-electron chi connectivity index (χ4n) is 2.07. The number of thioether (sulfide) groups is 1. The van der Waals surface area contributed by atoms with Gasteiger partial charge in [-0.2, -0.15) is 11.8 Å². The highest BCUT2D eigenvalue weighted by Crippen LogP contribution is 2.27. The molecule has 0 aliphatic carbocycles. The van der Waals surface area contributed by atoms with Crippen molar-refractivity contribution in [2.75, 3.05) is 25.1 Å². The van der Waals surface area contributed by atoms with E-state index in [0.29, 0.717) is 0 Å². The Morgan fingerprint density at radius 2 is 2.24 bits per heavy atom. The van der Waals surface area contributed by atoms with Gasteiger partial charge in [-0.1, -0.05) is 12.1 Å². The van der Waals surface area contributed by atoms with Crippen LogP contribution >= 0.6 is 11.8 Å². The number of benzene rings is 1. The Hall–Kier alpha value is -0.650. The monoisotopic (exact) mass is 258 g/mol. The molecule has 17 heavy (non-hydrogen) atoms. The van der Waals surface area contributed by atoms with Crippen molar-refractivity contribution in [2.45, 2.75) is 12.1 Å². The molecule has 0 bridgehead atoms. The van der Waals surface area contributed by atoms with Gasteiger partial charge in [0.05, 0.1) is 0 Å². The summed E-state index contributed by atoms with van der Waals surface area (Å²) in [6, 6.07) is 3.76. The number of likely N-dealkylation sites (N-methyl/N-ethyl adjacent to an activating group) is 1. The number of halogens is 2. The first kappa shape index (κ1) is 12.8. The van der Waals surface area contributed by atoms with Crippen LogP contribution in [-0.2, 0) is 0 Å². The van der Waals surface area contributed by atoms with Crippen LogP contribution in [0, 0.1) is 11.6 Å². The van der Waals surface area contributed by atoms with Gasteiger partial charge in [0.2, 0.25) is 0 Å². The van der Waals surface area contributed by atoms with Crippen molar-refractivity contribution in [2.24, 2.45) is 5.73 Å². The van der Waals surface area contributed by atoms with E-state index >= 15 is 0 Å². The smallest absolute Gasteiger partial charge is 0.163 e. The molecule has 2 atom stereocenters. The molecule has 2 unspecified atom stereocenters. The van der Waals surface area contributed by atoms with Gasteiger partial charge in [-0.05, 0) is 13.1 Å². The molecule has 1 aromatic rings. The van der Waals surface area contributed by atoms with Crippen molar-refractivity contribution in [3.05, 3.63) is 35.4 Å². The lowest BCUT2D eigenvalue weighted by atomic mass is 9.99. The lowest BCUT2D eigenvalue weighted by Crippen LogP contribution is -2.46. The van der Waals surface area contributed by atoms with Crippen LogP contribution in [0.25, 0.3) is 0 Å². The number of rotatable bonds is 2. The number of hydrogen-bond acceptors (Lipinski definition) is 3. The van der Waals surface area contributed by atoms with E-state index in [0.717, 1.165) is 24.1 Å². The summed E-state index contributed by atoms with van der Waals surface area (Å²) in [5, 5.41) is 0. The van der Waals surface area contributed by atoms with E-state index in [1.165, 1.54) is 6.07 Å². The molecule has 1 saturated heterocycles. The minimum Gasteiger partial charge on any atom is -0.323 e. The Morgan fingerprint density at radius 3 is 2.94 bits per heavy atom. The third kappa shape index (κ3) is 2.61. The highest BCUT2D eigenvalue weighted by Gasteiger charge is 2.28. The standard InChI is InChI=1S/C12H16F2N2S/c1-16-5-6-17-7-10(16)12(15)8-3-2-4-9(13)11(8)14/h2-4,10,12H,5-7,15H2,1H3. The summed E-state index contributed by atoms with van der Waals surface area (Å²) in [6.45, 7) is 0.931. The van der Waals surface area contributed by atoms with E-state index in [4.69, 9.17) is 5.73 Å². The predicted molar refractivity (Wildman–Crippen MR) is 67.0 cm³/mol. The van der Waals surface area contributed by atoms with Crippen molar-refractivity contribution in [3.8, 4) is 0 Å². The van der Waals surface area contributed by atoms with Gasteiger partial charge in [0.25, 0.3) is 0 Å². The van der Waals surface area contributed by atoms with Crippen LogP contribution in [0.3, 0.4) is 0 Å². The van der Waals surface area contributed by atoms with Gasteiger partial charge >= 0.3 is 0 Å². The quantitative estimate of drug-likeness (QED) is 0.880. The second-order valence-electron chi connectivity index (χ2n) is 4.29. The molecule has 5 heteroatoms. The summed E-state index contributed by atoms with van der Waals surface area (Å²) in [5.74, 6) is 0.270. The zero-order valence-electron chi connectivity index (χ0n) is 9.70. The van der Waals surface area contributed by atoms with Crippen molar-refractivity contribution in [3.63, 3.8) is 0 Å². The second kappa shape index (κ2) is 5.33. The molecule has 0 amide bonds. The van der Waals surface area contributed by atoms with E-state index in [1.54, 1.807) is 17.8 Å². The third-order valence-electron chi connectivity index (χ3n) is 3.20. The summed E-state index contributed by atoms with van der Waals surface area (Å²) in [5.41, 5.74) is 6.34. The Balaban J connectivity index is 2.23. The average Bonchev–Trinajstić information content (AvgIpc) is 2.32. The van der Waals surface area contributed by atoms with E-state index in [9.17, 15) is 8.78 Å². The van der Waals surface area contributed by atoms with E-state index in [1.807, 2.05) is 7.05 Å². The molecule has 2 rings (SSSR count). The number of nitrogens with zero attached hydrogens (tertiary/aromatic N) is 1. The molecule has 0 spiro atoms. The molecule has 1 aliphatic rings. The molecule has 2 nitrogen and oxygen atoms in total. The fraction of sp³-hybridized carbons (Fsp3) is 0.500. The summed E-state index contributed by atoms with van der Waals surface area (Å²) >= 11 is 1.80. The summed E-state index contributed by atoms with van der Waals surface area (Å²) in [7, 11) is 1.97.